The summed E-state index contributed by atoms with van der Waals surface area (Å²) in [6.45, 7) is 8.25. The zero-order valence-corrected chi connectivity index (χ0v) is 10.4. The topological polar surface area (TPSA) is 56.1 Å². The van der Waals surface area contributed by atoms with Gasteiger partial charge < -0.3 is 5.32 Å². The van der Waals surface area contributed by atoms with Crippen molar-refractivity contribution in [2.75, 3.05) is 19.6 Å². The third kappa shape index (κ3) is 2.96. The second kappa shape index (κ2) is 5.31. The summed E-state index contributed by atoms with van der Waals surface area (Å²) < 4.78 is 0. The van der Waals surface area contributed by atoms with Crippen molar-refractivity contribution in [1.82, 2.24) is 10.2 Å². The highest BCUT2D eigenvalue weighted by Crippen LogP contribution is 2.17. The minimum atomic E-state index is -0.921. The van der Waals surface area contributed by atoms with Crippen LogP contribution in [0.5, 0.6) is 0 Å². The molecule has 0 aromatic carbocycles. The summed E-state index contributed by atoms with van der Waals surface area (Å²) in [5, 5.41) is 11.7. The number of nitriles is 1. The van der Waals surface area contributed by atoms with Gasteiger partial charge in [-0.3, -0.25) is 9.69 Å². The second-order valence-corrected chi connectivity index (χ2v) is 4.87. The third-order valence-corrected chi connectivity index (χ3v) is 3.25. The molecule has 0 bridgehead atoms. The molecular formula is C12H21N3O. The molecule has 0 aromatic heterocycles. The molecule has 0 aromatic rings. The van der Waals surface area contributed by atoms with Gasteiger partial charge in [-0.1, -0.05) is 6.92 Å². The molecule has 0 spiro atoms. The molecule has 1 atom stereocenters. The summed E-state index contributed by atoms with van der Waals surface area (Å²) in [6, 6.07) is 2.46. The second-order valence-electron chi connectivity index (χ2n) is 4.87. The molecule has 1 heterocycles. The van der Waals surface area contributed by atoms with Gasteiger partial charge in [-0.15, -0.1) is 0 Å². The molecule has 4 heteroatoms. The molecule has 1 N–H and O–H groups in total. The average Bonchev–Trinajstić information content (AvgIpc) is 2.72. The largest absolute Gasteiger partial charge is 0.353 e. The summed E-state index contributed by atoms with van der Waals surface area (Å²) >= 11 is 0. The van der Waals surface area contributed by atoms with Gasteiger partial charge in [-0.25, -0.2) is 0 Å². The molecule has 1 unspecified atom stereocenters. The first-order valence-corrected chi connectivity index (χ1v) is 5.95. The molecule has 0 aliphatic carbocycles. The summed E-state index contributed by atoms with van der Waals surface area (Å²) in [5.41, 5.74) is -0.921. The van der Waals surface area contributed by atoms with Crippen LogP contribution in [0.2, 0.25) is 0 Å². The first kappa shape index (κ1) is 13.0. The standard InChI is InChI=1S/C12H21N3O/c1-4-15-7-5-6-10(15)8-14-11(16)12(2,3)9-13/h10H,4-8H2,1-3H3,(H,14,16). The molecule has 1 rings (SSSR count). The number of nitrogens with zero attached hydrogens (tertiary/aromatic N) is 2. The van der Waals surface area contributed by atoms with Crippen LogP contribution in [0.25, 0.3) is 0 Å². The number of carbonyl (C=O) groups is 1. The van der Waals surface area contributed by atoms with Crippen LogP contribution >= 0.6 is 0 Å². The molecule has 0 saturated carbocycles. The Labute approximate surface area is 97.6 Å². The molecule has 90 valence electrons. The number of rotatable bonds is 4. The van der Waals surface area contributed by atoms with E-state index in [-0.39, 0.29) is 5.91 Å². The maximum absolute atomic E-state index is 11.7. The highest BCUT2D eigenvalue weighted by Gasteiger charge is 2.29. The minimum absolute atomic E-state index is 0.169. The SMILES string of the molecule is CCN1CCCC1CNC(=O)C(C)(C)C#N. The van der Waals surface area contributed by atoms with Gasteiger partial charge in [0.15, 0.2) is 0 Å². The van der Waals surface area contributed by atoms with E-state index in [0.29, 0.717) is 12.6 Å². The number of hydrogen-bond donors (Lipinski definition) is 1. The molecule has 1 saturated heterocycles. The van der Waals surface area contributed by atoms with Gasteiger partial charge >= 0.3 is 0 Å². The number of hydrogen-bond acceptors (Lipinski definition) is 3. The van der Waals surface area contributed by atoms with Crippen molar-refractivity contribution in [3.8, 4) is 6.07 Å². The van der Waals surface area contributed by atoms with E-state index in [1.807, 2.05) is 6.07 Å². The lowest BCUT2D eigenvalue weighted by molar-refractivity contribution is -0.127. The van der Waals surface area contributed by atoms with Crippen molar-refractivity contribution in [3.05, 3.63) is 0 Å². The third-order valence-electron chi connectivity index (χ3n) is 3.25. The Hall–Kier alpha value is -1.08. The van der Waals surface area contributed by atoms with Gasteiger partial charge in [0.05, 0.1) is 6.07 Å². The van der Waals surface area contributed by atoms with Crippen molar-refractivity contribution >= 4 is 5.91 Å². The fourth-order valence-corrected chi connectivity index (χ4v) is 2.02. The highest BCUT2D eigenvalue weighted by molar-refractivity contribution is 5.84. The molecule has 1 aliphatic rings. The zero-order chi connectivity index (χ0) is 12.2. The first-order chi connectivity index (χ1) is 7.51. The number of carbonyl (C=O) groups excluding carboxylic acids is 1. The maximum atomic E-state index is 11.7. The van der Waals surface area contributed by atoms with E-state index in [1.165, 1.54) is 6.42 Å². The lowest BCUT2D eigenvalue weighted by Gasteiger charge is -2.24. The maximum Gasteiger partial charge on any atom is 0.239 e. The molecule has 16 heavy (non-hydrogen) atoms. The number of amides is 1. The Morgan fingerprint density at radius 3 is 2.88 bits per heavy atom. The van der Waals surface area contributed by atoms with Gasteiger partial charge in [0.2, 0.25) is 5.91 Å². The zero-order valence-electron chi connectivity index (χ0n) is 10.4. The van der Waals surface area contributed by atoms with E-state index in [0.717, 1.165) is 19.5 Å². The van der Waals surface area contributed by atoms with Gasteiger partial charge in [-0.2, -0.15) is 5.26 Å². The monoisotopic (exact) mass is 223 g/mol. The Balaban J connectivity index is 2.41. The number of nitrogens with one attached hydrogen (secondary N) is 1. The van der Waals surface area contributed by atoms with Gasteiger partial charge in [-0.05, 0) is 39.8 Å². The van der Waals surface area contributed by atoms with Crippen LogP contribution in [0.15, 0.2) is 0 Å². The van der Waals surface area contributed by atoms with Crippen LogP contribution in [0.3, 0.4) is 0 Å². The first-order valence-electron chi connectivity index (χ1n) is 5.95. The summed E-state index contributed by atoms with van der Waals surface area (Å²) in [5.74, 6) is -0.169. The quantitative estimate of drug-likeness (QED) is 0.777. The number of likely N-dealkylation sites (N-methyl/N-ethyl adjacent to an activating group) is 1. The fraction of sp³-hybridized carbons (Fsp3) is 0.833. The van der Waals surface area contributed by atoms with E-state index in [1.54, 1.807) is 13.8 Å². The average molecular weight is 223 g/mol. The molecule has 1 fully saturated rings. The van der Waals surface area contributed by atoms with Crippen LogP contribution in [0.1, 0.15) is 33.6 Å². The molecule has 0 radical (unpaired) electrons. The summed E-state index contributed by atoms with van der Waals surface area (Å²) in [6.07, 6.45) is 2.34. The van der Waals surface area contributed by atoms with Crippen LogP contribution in [-0.4, -0.2) is 36.5 Å². The lowest BCUT2D eigenvalue weighted by Crippen LogP contribution is -2.44. The highest BCUT2D eigenvalue weighted by atomic mass is 16.2. The Kier molecular flexibility index (Phi) is 4.31. The predicted octanol–water partition coefficient (Wildman–Crippen LogP) is 1.14. The smallest absolute Gasteiger partial charge is 0.239 e. The van der Waals surface area contributed by atoms with Crippen LogP contribution in [0.4, 0.5) is 0 Å². The molecule has 1 aliphatic heterocycles. The van der Waals surface area contributed by atoms with Crippen LogP contribution in [0, 0.1) is 16.7 Å². The van der Waals surface area contributed by atoms with Crippen LogP contribution in [-0.2, 0) is 4.79 Å². The van der Waals surface area contributed by atoms with E-state index in [4.69, 9.17) is 5.26 Å². The van der Waals surface area contributed by atoms with Gasteiger partial charge in [0.25, 0.3) is 0 Å². The lowest BCUT2D eigenvalue weighted by atomic mass is 9.94. The van der Waals surface area contributed by atoms with Crippen molar-refractivity contribution in [3.63, 3.8) is 0 Å². The van der Waals surface area contributed by atoms with E-state index >= 15 is 0 Å². The van der Waals surface area contributed by atoms with Gasteiger partial charge in [0.1, 0.15) is 5.41 Å². The minimum Gasteiger partial charge on any atom is -0.353 e. The van der Waals surface area contributed by atoms with E-state index < -0.39 is 5.41 Å². The molecular weight excluding hydrogens is 202 g/mol. The van der Waals surface area contributed by atoms with Crippen LogP contribution < -0.4 is 5.32 Å². The molecule has 1 amide bonds. The summed E-state index contributed by atoms with van der Waals surface area (Å²) in [7, 11) is 0. The van der Waals surface area contributed by atoms with Crippen molar-refractivity contribution in [2.24, 2.45) is 5.41 Å². The van der Waals surface area contributed by atoms with E-state index in [9.17, 15) is 4.79 Å². The van der Waals surface area contributed by atoms with Gasteiger partial charge in [0, 0.05) is 12.6 Å². The molecule has 4 nitrogen and oxygen atoms in total. The Morgan fingerprint density at radius 1 is 1.62 bits per heavy atom. The fourth-order valence-electron chi connectivity index (χ4n) is 2.02. The van der Waals surface area contributed by atoms with Crippen molar-refractivity contribution in [2.45, 2.75) is 39.7 Å². The van der Waals surface area contributed by atoms with Crippen molar-refractivity contribution in [1.29, 1.82) is 5.26 Å². The Bertz CT molecular complexity index is 293. The predicted molar refractivity (Wildman–Crippen MR) is 62.7 cm³/mol. The van der Waals surface area contributed by atoms with E-state index in [2.05, 4.69) is 17.1 Å². The Morgan fingerprint density at radius 2 is 2.31 bits per heavy atom. The van der Waals surface area contributed by atoms with Crippen molar-refractivity contribution < 1.29 is 4.79 Å². The number of likely N-dealkylation sites (tertiary alicyclic amines) is 1. The summed E-state index contributed by atoms with van der Waals surface area (Å²) in [4.78, 5) is 14.1. The normalized spacial score (nSPS) is 21.8.